The second kappa shape index (κ2) is 7.21. The number of amides is 1. The maximum atomic E-state index is 12.5. The van der Waals surface area contributed by atoms with E-state index in [0.717, 1.165) is 29.8 Å². The van der Waals surface area contributed by atoms with Crippen molar-refractivity contribution in [2.45, 2.75) is 46.1 Å². The summed E-state index contributed by atoms with van der Waals surface area (Å²) in [5, 5.41) is 0. The Balaban J connectivity index is 1.46. The molecule has 0 spiro atoms. The van der Waals surface area contributed by atoms with Gasteiger partial charge in [0.1, 0.15) is 0 Å². The average Bonchev–Trinajstić information content (AvgIpc) is 2.98. The number of Topliss-reactive ketones (excluding diaryl/α,β-unsaturated/α-hetero) is 1. The Kier molecular flexibility index (Phi) is 5.02. The molecule has 25 heavy (non-hydrogen) atoms. The van der Waals surface area contributed by atoms with Gasteiger partial charge >= 0.3 is 0 Å². The molecular formula is C20H25N3O2. The monoisotopic (exact) mass is 339 g/mol. The lowest BCUT2D eigenvalue weighted by Crippen LogP contribution is -2.50. The van der Waals surface area contributed by atoms with Gasteiger partial charge in [-0.2, -0.15) is 0 Å². The van der Waals surface area contributed by atoms with E-state index in [-0.39, 0.29) is 11.7 Å². The fourth-order valence-corrected chi connectivity index (χ4v) is 3.64. The second-order valence-corrected chi connectivity index (χ2v) is 7.01. The van der Waals surface area contributed by atoms with Crippen molar-refractivity contribution in [1.29, 1.82) is 0 Å². The first-order valence-electron chi connectivity index (χ1n) is 8.82. The molecule has 0 N–H and O–H groups in total. The predicted octanol–water partition coefficient (Wildman–Crippen LogP) is 3.24. The quantitative estimate of drug-likeness (QED) is 0.759. The van der Waals surface area contributed by atoms with Crippen molar-refractivity contribution in [1.82, 2.24) is 14.5 Å². The molecule has 0 radical (unpaired) electrons. The number of hydrogen-bond acceptors (Lipinski definition) is 3. The first-order chi connectivity index (χ1) is 12.0. The first kappa shape index (κ1) is 17.4. The molecule has 1 saturated heterocycles. The molecule has 5 nitrogen and oxygen atoms in total. The SMILES string of the molecule is Cc1cc(C)c(C(=O)CCCC(=O)N2CC(n3ccnc3)C2)c(C)c1. The van der Waals surface area contributed by atoms with Gasteiger partial charge in [-0.15, -0.1) is 0 Å². The molecule has 1 fully saturated rings. The maximum Gasteiger partial charge on any atom is 0.222 e. The van der Waals surface area contributed by atoms with Crippen LogP contribution in [0.5, 0.6) is 0 Å². The zero-order valence-electron chi connectivity index (χ0n) is 15.2. The van der Waals surface area contributed by atoms with Gasteiger partial charge in [-0.05, 0) is 38.3 Å². The first-order valence-corrected chi connectivity index (χ1v) is 8.82. The van der Waals surface area contributed by atoms with E-state index in [0.29, 0.717) is 25.3 Å². The molecule has 132 valence electrons. The van der Waals surface area contributed by atoms with E-state index in [9.17, 15) is 9.59 Å². The minimum Gasteiger partial charge on any atom is -0.338 e. The van der Waals surface area contributed by atoms with Crippen LogP contribution in [-0.4, -0.2) is 39.2 Å². The van der Waals surface area contributed by atoms with E-state index >= 15 is 0 Å². The third-order valence-electron chi connectivity index (χ3n) is 4.91. The summed E-state index contributed by atoms with van der Waals surface area (Å²) in [6, 6.07) is 4.43. The Bertz CT molecular complexity index is 751. The van der Waals surface area contributed by atoms with Crippen LogP contribution in [0, 0.1) is 20.8 Å². The highest BCUT2D eigenvalue weighted by atomic mass is 16.2. The van der Waals surface area contributed by atoms with E-state index in [2.05, 4.69) is 4.98 Å². The Morgan fingerprint density at radius 1 is 1.12 bits per heavy atom. The van der Waals surface area contributed by atoms with Gasteiger partial charge in [0.05, 0.1) is 12.4 Å². The standard InChI is InChI=1S/C20H25N3O2/c1-14-9-15(2)20(16(3)10-14)18(24)5-4-6-19(25)23-11-17(12-23)22-8-7-21-13-22/h7-10,13,17H,4-6,11-12H2,1-3H3. The molecule has 3 rings (SSSR count). The molecule has 1 aromatic heterocycles. The summed E-state index contributed by atoms with van der Waals surface area (Å²) >= 11 is 0. The summed E-state index contributed by atoms with van der Waals surface area (Å²) in [5.74, 6) is 0.282. The topological polar surface area (TPSA) is 55.2 Å². The number of aromatic nitrogens is 2. The molecule has 1 amide bonds. The Labute approximate surface area is 148 Å². The number of hydrogen-bond donors (Lipinski definition) is 0. The number of rotatable bonds is 6. The van der Waals surface area contributed by atoms with Gasteiger partial charge in [0.2, 0.25) is 5.91 Å². The smallest absolute Gasteiger partial charge is 0.222 e. The molecule has 0 unspecified atom stereocenters. The van der Waals surface area contributed by atoms with Crippen molar-refractivity contribution in [3.05, 3.63) is 53.1 Å². The molecule has 1 aliphatic heterocycles. The fourth-order valence-electron chi connectivity index (χ4n) is 3.64. The molecule has 1 aromatic carbocycles. The van der Waals surface area contributed by atoms with Crippen LogP contribution < -0.4 is 0 Å². The van der Waals surface area contributed by atoms with Gasteiger partial charge < -0.3 is 9.47 Å². The molecule has 5 heteroatoms. The molecule has 2 heterocycles. The minimum atomic E-state index is 0.140. The molecule has 0 saturated carbocycles. The Morgan fingerprint density at radius 2 is 1.80 bits per heavy atom. The number of nitrogens with zero attached hydrogens (tertiary/aromatic N) is 3. The van der Waals surface area contributed by atoms with Gasteiger partial charge in [-0.3, -0.25) is 9.59 Å². The van der Waals surface area contributed by atoms with Crippen LogP contribution >= 0.6 is 0 Å². The van der Waals surface area contributed by atoms with Gasteiger partial charge in [0, 0.05) is 43.9 Å². The largest absolute Gasteiger partial charge is 0.338 e. The van der Waals surface area contributed by atoms with Crippen molar-refractivity contribution >= 4 is 11.7 Å². The fraction of sp³-hybridized carbons (Fsp3) is 0.450. The lowest BCUT2D eigenvalue weighted by atomic mass is 9.94. The normalized spacial score (nSPS) is 14.4. The van der Waals surface area contributed by atoms with Gasteiger partial charge in [-0.1, -0.05) is 17.7 Å². The Hall–Kier alpha value is -2.43. The van der Waals surface area contributed by atoms with Crippen molar-refractivity contribution in [2.24, 2.45) is 0 Å². The zero-order chi connectivity index (χ0) is 18.0. The summed E-state index contributed by atoms with van der Waals surface area (Å²) in [7, 11) is 0. The van der Waals surface area contributed by atoms with Crippen LogP contribution in [0.15, 0.2) is 30.9 Å². The summed E-state index contributed by atoms with van der Waals surface area (Å²) in [5.41, 5.74) is 4.05. The van der Waals surface area contributed by atoms with Crippen LogP contribution in [0.1, 0.15) is 52.4 Å². The van der Waals surface area contributed by atoms with E-state index in [1.165, 1.54) is 5.56 Å². The number of ketones is 1. The van der Waals surface area contributed by atoms with Crippen molar-refractivity contribution in [2.75, 3.05) is 13.1 Å². The van der Waals surface area contributed by atoms with E-state index in [1.54, 1.807) is 12.5 Å². The molecule has 0 bridgehead atoms. The summed E-state index contributed by atoms with van der Waals surface area (Å²) in [4.78, 5) is 30.6. The van der Waals surface area contributed by atoms with E-state index in [4.69, 9.17) is 0 Å². The van der Waals surface area contributed by atoms with Crippen molar-refractivity contribution in [3.63, 3.8) is 0 Å². The molecular weight excluding hydrogens is 314 g/mol. The highest BCUT2D eigenvalue weighted by Crippen LogP contribution is 2.23. The predicted molar refractivity (Wildman–Crippen MR) is 96.7 cm³/mol. The van der Waals surface area contributed by atoms with E-state index < -0.39 is 0 Å². The summed E-state index contributed by atoms with van der Waals surface area (Å²) in [6.07, 6.45) is 6.94. The summed E-state index contributed by atoms with van der Waals surface area (Å²) < 4.78 is 2.04. The van der Waals surface area contributed by atoms with Crippen LogP contribution in [0.3, 0.4) is 0 Å². The van der Waals surface area contributed by atoms with E-state index in [1.807, 2.05) is 48.6 Å². The third-order valence-corrected chi connectivity index (χ3v) is 4.91. The van der Waals surface area contributed by atoms with Crippen LogP contribution in [0.25, 0.3) is 0 Å². The molecule has 1 aliphatic rings. The molecule has 0 atom stereocenters. The highest BCUT2D eigenvalue weighted by Gasteiger charge is 2.31. The van der Waals surface area contributed by atoms with Crippen molar-refractivity contribution < 1.29 is 9.59 Å². The van der Waals surface area contributed by atoms with Crippen molar-refractivity contribution in [3.8, 4) is 0 Å². The lowest BCUT2D eigenvalue weighted by molar-refractivity contribution is -0.137. The number of carbonyl (C=O) groups is 2. The summed E-state index contributed by atoms with van der Waals surface area (Å²) in [6.45, 7) is 7.47. The second-order valence-electron chi connectivity index (χ2n) is 7.01. The highest BCUT2D eigenvalue weighted by molar-refractivity contribution is 5.99. The molecule has 2 aromatic rings. The Morgan fingerprint density at radius 3 is 2.40 bits per heavy atom. The minimum absolute atomic E-state index is 0.140. The number of aryl methyl sites for hydroxylation is 3. The zero-order valence-corrected chi connectivity index (χ0v) is 15.2. The molecule has 0 aliphatic carbocycles. The van der Waals surface area contributed by atoms with Gasteiger partial charge in [0.15, 0.2) is 5.78 Å². The van der Waals surface area contributed by atoms with Crippen LogP contribution in [0.2, 0.25) is 0 Å². The number of likely N-dealkylation sites (tertiary alicyclic amines) is 1. The van der Waals surface area contributed by atoms with Crippen LogP contribution in [0.4, 0.5) is 0 Å². The van der Waals surface area contributed by atoms with Crippen LogP contribution in [-0.2, 0) is 4.79 Å². The number of carbonyl (C=O) groups excluding carboxylic acids is 2. The maximum absolute atomic E-state index is 12.5. The number of imidazole rings is 1. The third kappa shape index (κ3) is 3.81. The average molecular weight is 339 g/mol. The van der Waals surface area contributed by atoms with Gasteiger partial charge in [-0.25, -0.2) is 4.98 Å². The lowest BCUT2D eigenvalue weighted by Gasteiger charge is -2.39. The number of benzene rings is 1. The van der Waals surface area contributed by atoms with Gasteiger partial charge in [0.25, 0.3) is 0 Å².